The zero-order valence-corrected chi connectivity index (χ0v) is 15.2. The summed E-state index contributed by atoms with van der Waals surface area (Å²) in [6.45, 7) is 8.14. The Kier molecular flexibility index (Phi) is 5.59. The molecule has 1 aromatic carbocycles. The molecule has 6 nitrogen and oxygen atoms in total. The topological polar surface area (TPSA) is 70.7 Å². The van der Waals surface area contributed by atoms with Gasteiger partial charge in [0.1, 0.15) is 5.60 Å². The van der Waals surface area contributed by atoms with E-state index in [4.69, 9.17) is 16.3 Å². The molecule has 1 unspecified atom stereocenters. The molecule has 0 bridgehead atoms. The quantitative estimate of drug-likeness (QED) is 0.868. The van der Waals surface area contributed by atoms with Gasteiger partial charge >= 0.3 is 6.09 Å². The summed E-state index contributed by atoms with van der Waals surface area (Å²) in [5, 5.41) is 6.62. The van der Waals surface area contributed by atoms with Gasteiger partial charge in [0.2, 0.25) is 5.91 Å². The Morgan fingerprint density at radius 1 is 1.33 bits per heavy atom. The molecule has 1 aliphatic heterocycles. The van der Waals surface area contributed by atoms with Crippen LogP contribution in [-0.2, 0) is 9.53 Å². The molecule has 1 fully saturated rings. The van der Waals surface area contributed by atoms with Gasteiger partial charge in [-0.1, -0.05) is 17.7 Å². The van der Waals surface area contributed by atoms with E-state index in [0.29, 0.717) is 29.5 Å². The molecule has 132 valence electrons. The molecular weight excluding hydrogens is 330 g/mol. The lowest BCUT2D eigenvalue weighted by molar-refractivity contribution is -0.114. The van der Waals surface area contributed by atoms with E-state index in [-0.39, 0.29) is 18.0 Å². The Labute approximate surface area is 147 Å². The van der Waals surface area contributed by atoms with E-state index in [1.165, 1.54) is 6.92 Å². The molecule has 2 N–H and O–H groups in total. The first-order chi connectivity index (χ1) is 11.2. The third kappa shape index (κ3) is 5.03. The van der Waals surface area contributed by atoms with Crippen LogP contribution in [0.1, 0.15) is 34.1 Å². The fourth-order valence-electron chi connectivity index (χ4n) is 2.54. The van der Waals surface area contributed by atoms with Crippen LogP contribution >= 0.6 is 11.6 Å². The van der Waals surface area contributed by atoms with Crippen molar-refractivity contribution in [3.8, 4) is 0 Å². The van der Waals surface area contributed by atoms with Gasteiger partial charge < -0.3 is 20.3 Å². The minimum Gasteiger partial charge on any atom is -0.444 e. The van der Waals surface area contributed by atoms with Crippen molar-refractivity contribution in [3.05, 3.63) is 23.2 Å². The van der Waals surface area contributed by atoms with Crippen molar-refractivity contribution < 1.29 is 14.3 Å². The van der Waals surface area contributed by atoms with E-state index in [2.05, 4.69) is 10.6 Å². The van der Waals surface area contributed by atoms with Gasteiger partial charge in [0.05, 0.1) is 16.4 Å². The van der Waals surface area contributed by atoms with Crippen LogP contribution in [0.25, 0.3) is 0 Å². The largest absolute Gasteiger partial charge is 0.444 e. The summed E-state index contributed by atoms with van der Waals surface area (Å²) in [6, 6.07) is 5.37. The average Bonchev–Trinajstić information content (AvgIpc) is 2.89. The summed E-state index contributed by atoms with van der Waals surface area (Å²) in [5.74, 6) is -0.165. The molecule has 2 amide bonds. The molecule has 1 atom stereocenters. The van der Waals surface area contributed by atoms with Gasteiger partial charge in [-0.3, -0.25) is 4.79 Å². The molecular formula is C17H24ClN3O3. The summed E-state index contributed by atoms with van der Waals surface area (Å²) >= 11 is 6.26. The van der Waals surface area contributed by atoms with Gasteiger partial charge in [-0.15, -0.1) is 0 Å². The predicted molar refractivity (Wildman–Crippen MR) is 95.6 cm³/mol. The second kappa shape index (κ2) is 7.30. The zero-order valence-electron chi connectivity index (χ0n) is 14.5. The highest BCUT2D eigenvalue weighted by Gasteiger charge is 2.30. The first-order valence-electron chi connectivity index (χ1n) is 7.96. The predicted octanol–water partition coefficient (Wildman–Crippen LogP) is 3.72. The van der Waals surface area contributed by atoms with Gasteiger partial charge in [0, 0.05) is 26.1 Å². The average molecular weight is 354 g/mol. The number of amides is 2. The SMILES string of the molecule is CC(=O)Nc1cccc(Cl)c1NC1CCN(C(=O)OC(C)(C)C)C1. The Morgan fingerprint density at radius 3 is 2.67 bits per heavy atom. The van der Waals surface area contributed by atoms with E-state index in [9.17, 15) is 9.59 Å². The molecule has 0 spiro atoms. The van der Waals surface area contributed by atoms with Crippen molar-refractivity contribution in [3.63, 3.8) is 0 Å². The normalized spacial score (nSPS) is 17.5. The van der Waals surface area contributed by atoms with Crippen molar-refractivity contribution in [2.45, 2.75) is 45.8 Å². The third-order valence-electron chi connectivity index (χ3n) is 3.51. The van der Waals surface area contributed by atoms with E-state index in [0.717, 1.165) is 6.42 Å². The number of carbonyl (C=O) groups excluding carboxylic acids is 2. The van der Waals surface area contributed by atoms with Crippen molar-refractivity contribution in [1.82, 2.24) is 4.90 Å². The highest BCUT2D eigenvalue weighted by Crippen LogP contribution is 2.32. The summed E-state index contributed by atoms with van der Waals surface area (Å²) in [7, 11) is 0. The Hall–Kier alpha value is -1.95. The van der Waals surface area contributed by atoms with Gasteiger partial charge in [-0.2, -0.15) is 0 Å². The standard InChI is InChI=1S/C17H24ClN3O3/c1-11(22)19-14-7-5-6-13(18)15(14)20-12-8-9-21(10-12)16(23)24-17(2,3)4/h5-7,12,20H,8-10H2,1-4H3,(H,19,22). The summed E-state index contributed by atoms with van der Waals surface area (Å²) in [4.78, 5) is 25.1. The molecule has 1 saturated heterocycles. The molecule has 7 heteroatoms. The fraction of sp³-hybridized carbons (Fsp3) is 0.529. The van der Waals surface area contributed by atoms with Crippen LogP contribution in [0.4, 0.5) is 16.2 Å². The summed E-state index contributed by atoms with van der Waals surface area (Å²) in [5.41, 5.74) is 0.792. The molecule has 1 aliphatic rings. The van der Waals surface area contributed by atoms with Crippen LogP contribution in [0.2, 0.25) is 5.02 Å². The number of nitrogens with one attached hydrogen (secondary N) is 2. The van der Waals surface area contributed by atoms with Crippen LogP contribution in [0.5, 0.6) is 0 Å². The highest BCUT2D eigenvalue weighted by molar-refractivity contribution is 6.34. The van der Waals surface area contributed by atoms with Gasteiger partial charge in [-0.25, -0.2) is 4.79 Å². The lowest BCUT2D eigenvalue weighted by Crippen LogP contribution is -2.36. The fourth-order valence-corrected chi connectivity index (χ4v) is 2.77. The lowest BCUT2D eigenvalue weighted by atomic mass is 10.2. The Morgan fingerprint density at radius 2 is 2.04 bits per heavy atom. The third-order valence-corrected chi connectivity index (χ3v) is 3.83. The van der Waals surface area contributed by atoms with E-state index in [1.54, 1.807) is 23.1 Å². The maximum atomic E-state index is 12.1. The molecule has 0 saturated carbocycles. The van der Waals surface area contributed by atoms with Crippen LogP contribution in [0.3, 0.4) is 0 Å². The first-order valence-corrected chi connectivity index (χ1v) is 8.34. The number of para-hydroxylation sites is 1. The van der Waals surface area contributed by atoms with Gasteiger partial charge in [-0.05, 0) is 39.3 Å². The van der Waals surface area contributed by atoms with E-state index < -0.39 is 5.60 Å². The molecule has 0 radical (unpaired) electrons. The van der Waals surface area contributed by atoms with Crippen LogP contribution in [-0.4, -0.2) is 41.6 Å². The second-order valence-electron chi connectivity index (χ2n) is 6.90. The number of halogens is 1. The first kappa shape index (κ1) is 18.4. The van der Waals surface area contributed by atoms with Crippen molar-refractivity contribution in [2.24, 2.45) is 0 Å². The smallest absolute Gasteiger partial charge is 0.410 e. The second-order valence-corrected chi connectivity index (χ2v) is 7.31. The molecule has 1 aromatic rings. The molecule has 1 heterocycles. The Bertz CT molecular complexity index is 628. The van der Waals surface area contributed by atoms with Crippen molar-refractivity contribution >= 4 is 35.0 Å². The number of benzene rings is 1. The maximum absolute atomic E-state index is 12.1. The van der Waals surface area contributed by atoms with Crippen LogP contribution in [0, 0.1) is 0 Å². The number of hydrogen-bond donors (Lipinski definition) is 2. The van der Waals surface area contributed by atoms with Crippen molar-refractivity contribution in [1.29, 1.82) is 0 Å². The lowest BCUT2D eigenvalue weighted by Gasteiger charge is -2.24. The molecule has 0 aliphatic carbocycles. The number of carbonyl (C=O) groups is 2. The summed E-state index contributed by atoms with van der Waals surface area (Å²) < 4.78 is 5.40. The number of hydrogen-bond acceptors (Lipinski definition) is 4. The van der Waals surface area contributed by atoms with E-state index in [1.807, 2.05) is 20.8 Å². The summed E-state index contributed by atoms with van der Waals surface area (Å²) in [6.07, 6.45) is 0.470. The Balaban J connectivity index is 2.03. The van der Waals surface area contributed by atoms with Gasteiger partial charge in [0.15, 0.2) is 0 Å². The van der Waals surface area contributed by atoms with Gasteiger partial charge in [0.25, 0.3) is 0 Å². The monoisotopic (exact) mass is 353 g/mol. The van der Waals surface area contributed by atoms with Crippen LogP contribution < -0.4 is 10.6 Å². The molecule has 0 aromatic heterocycles. The van der Waals surface area contributed by atoms with Crippen molar-refractivity contribution in [2.75, 3.05) is 23.7 Å². The van der Waals surface area contributed by atoms with E-state index >= 15 is 0 Å². The zero-order chi connectivity index (χ0) is 17.9. The number of likely N-dealkylation sites (tertiary alicyclic amines) is 1. The number of anilines is 2. The number of rotatable bonds is 3. The highest BCUT2D eigenvalue weighted by atomic mass is 35.5. The minimum absolute atomic E-state index is 0.0462. The molecule has 24 heavy (non-hydrogen) atoms. The minimum atomic E-state index is -0.510. The maximum Gasteiger partial charge on any atom is 0.410 e. The molecule has 2 rings (SSSR count). The van der Waals surface area contributed by atoms with Crippen LogP contribution in [0.15, 0.2) is 18.2 Å². The number of nitrogens with zero attached hydrogens (tertiary/aromatic N) is 1. The number of ether oxygens (including phenoxy) is 1.